The number of carboxylic acid groups (broad SMARTS) is 1. The van der Waals surface area contributed by atoms with Gasteiger partial charge >= 0.3 is 12.0 Å². The molecule has 0 spiro atoms. The van der Waals surface area contributed by atoms with Crippen molar-refractivity contribution in [3.05, 3.63) is 0 Å². The third kappa shape index (κ3) is 3.48. The van der Waals surface area contributed by atoms with E-state index in [4.69, 9.17) is 5.11 Å². The van der Waals surface area contributed by atoms with Gasteiger partial charge in [0.1, 0.15) is 0 Å². The molecule has 2 fully saturated rings. The van der Waals surface area contributed by atoms with Crippen LogP contribution in [0.5, 0.6) is 0 Å². The van der Waals surface area contributed by atoms with Crippen LogP contribution < -0.4 is 0 Å². The van der Waals surface area contributed by atoms with Crippen molar-refractivity contribution in [3.8, 4) is 0 Å². The van der Waals surface area contributed by atoms with Crippen LogP contribution >= 0.6 is 0 Å². The number of hydrogen-bond donors (Lipinski definition) is 2. The Morgan fingerprint density at radius 2 is 1.90 bits per heavy atom. The zero-order valence-corrected chi connectivity index (χ0v) is 13.1. The van der Waals surface area contributed by atoms with Gasteiger partial charge in [0.15, 0.2) is 0 Å². The fraction of sp³-hybridized carbons (Fsp3) is 0.867. The van der Waals surface area contributed by atoms with Crippen molar-refractivity contribution < 1.29 is 19.8 Å². The van der Waals surface area contributed by atoms with Gasteiger partial charge in [-0.05, 0) is 39.5 Å². The van der Waals surface area contributed by atoms with E-state index in [0.717, 1.165) is 12.8 Å². The molecule has 0 aromatic heterocycles. The molecule has 1 aliphatic heterocycles. The van der Waals surface area contributed by atoms with E-state index in [-0.39, 0.29) is 31.0 Å². The monoisotopic (exact) mass is 298 g/mol. The highest BCUT2D eigenvalue weighted by Gasteiger charge is 2.45. The van der Waals surface area contributed by atoms with Crippen LogP contribution in [0.2, 0.25) is 0 Å². The van der Waals surface area contributed by atoms with Crippen LogP contribution in [0, 0.1) is 11.8 Å². The lowest BCUT2D eigenvalue weighted by Gasteiger charge is -2.38. The van der Waals surface area contributed by atoms with Crippen LogP contribution in [0.25, 0.3) is 0 Å². The first kappa shape index (κ1) is 16.1. The molecule has 1 aliphatic carbocycles. The summed E-state index contributed by atoms with van der Waals surface area (Å²) in [5, 5.41) is 18.8. The van der Waals surface area contributed by atoms with Crippen LogP contribution in [-0.4, -0.2) is 63.3 Å². The van der Waals surface area contributed by atoms with Gasteiger partial charge in [-0.1, -0.05) is 0 Å². The van der Waals surface area contributed by atoms with Crippen LogP contribution in [0.4, 0.5) is 4.79 Å². The molecule has 0 radical (unpaired) electrons. The average molecular weight is 298 g/mol. The number of aliphatic carboxylic acids is 1. The van der Waals surface area contributed by atoms with Gasteiger partial charge in [-0.15, -0.1) is 0 Å². The van der Waals surface area contributed by atoms with E-state index in [1.54, 1.807) is 9.80 Å². The van der Waals surface area contributed by atoms with E-state index in [0.29, 0.717) is 19.0 Å². The predicted molar refractivity (Wildman–Crippen MR) is 77.9 cm³/mol. The number of likely N-dealkylation sites (tertiary alicyclic amines) is 1. The summed E-state index contributed by atoms with van der Waals surface area (Å²) in [6.07, 6.45) is 1.46. The van der Waals surface area contributed by atoms with Gasteiger partial charge in [0.05, 0.1) is 12.5 Å². The molecular weight excluding hydrogens is 272 g/mol. The minimum Gasteiger partial charge on any atom is -0.481 e. The summed E-state index contributed by atoms with van der Waals surface area (Å²) >= 11 is 0. The zero-order valence-electron chi connectivity index (χ0n) is 13.1. The normalized spacial score (nSPS) is 28.6. The molecule has 0 aromatic carbocycles. The van der Waals surface area contributed by atoms with Gasteiger partial charge in [-0.2, -0.15) is 0 Å². The first-order chi connectivity index (χ1) is 9.70. The van der Waals surface area contributed by atoms with Crippen molar-refractivity contribution in [2.75, 3.05) is 19.6 Å². The summed E-state index contributed by atoms with van der Waals surface area (Å²) in [5.41, 5.74) is -0.414. The predicted octanol–water partition coefficient (Wildman–Crippen LogP) is 1.38. The zero-order chi connectivity index (χ0) is 15.8. The fourth-order valence-electron chi connectivity index (χ4n) is 3.49. The summed E-state index contributed by atoms with van der Waals surface area (Å²) in [6.45, 7) is 7.23. The van der Waals surface area contributed by atoms with Crippen molar-refractivity contribution in [1.29, 1.82) is 0 Å². The number of carboxylic acids is 1. The van der Waals surface area contributed by atoms with E-state index in [1.165, 1.54) is 0 Å². The fourth-order valence-corrected chi connectivity index (χ4v) is 3.49. The molecule has 21 heavy (non-hydrogen) atoms. The molecule has 0 bridgehead atoms. The maximum Gasteiger partial charge on any atom is 0.320 e. The lowest BCUT2D eigenvalue weighted by atomic mass is 10.00. The Kier molecular flexibility index (Phi) is 4.46. The Bertz CT molecular complexity index is 418. The number of rotatable bonds is 3. The quantitative estimate of drug-likeness (QED) is 0.825. The number of aliphatic hydroxyl groups excluding tert-OH is 1. The standard InChI is InChI=1S/C15H26N2O4/c1-15(2,3)17(7-6-13(19)20)14(21)16-8-10-4-5-12(18)11(10)9-16/h10-12,18H,4-9H2,1-3H3,(H,19,20). The van der Waals surface area contributed by atoms with Crippen LogP contribution in [-0.2, 0) is 4.79 Å². The number of amides is 2. The van der Waals surface area contributed by atoms with E-state index < -0.39 is 11.5 Å². The third-order valence-electron chi connectivity index (χ3n) is 4.68. The minimum absolute atomic E-state index is 0.0493. The van der Waals surface area contributed by atoms with Gasteiger partial charge in [-0.25, -0.2) is 4.79 Å². The molecule has 1 heterocycles. The van der Waals surface area contributed by atoms with E-state index in [2.05, 4.69) is 0 Å². The van der Waals surface area contributed by atoms with Crippen LogP contribution in [0.1, 0.15) is 40.0 Å². The van der Waals surface area contributed by atoms with Gasteiger partial charge in [0.25, 0.3) is 0 Å². The van der Waals surface area contributed by atoms with Crippen molar-refractivity contribution in [2.24, 2.45) is 11.8 Å². The smallest absolute Gasteiger partial charge is 0.320 e. The molecule has 1 saturated heterocycles. The average Bonchev–Trinajstić information content (AvgIpc) is 2.90. The molecule has 3 unspecified atom stereocenters. The number of hydrogen-bond acceptors (Lipinski definition) is 3. The van der Waals surface area contributed by atoms with E-state index >= 15 is 0 Å². The number of nitrogens with zero attached hydrogens (tertiary/aromatic N) is 2. The van der Waals surface area contributed by atoms with E-state index in [1.807, 2.05) is 20.8 Å². The Hall–Kier alpha value is -1.30. The van der Waals surface area contributed by atoms with Gasteiger partial charge in [0.2, 0.25) is 0 Å². The summed E-state index contributed by atoms with van der Waals surface area (Å²) in [5.74, 6) is -0.314. The Morgan fingerprint density at radius 1 is 1.24 bits per heavy atom. The summed E-state index contributed by atoms with van der Waals surface area (Å²) < 4.78 is 0. The molecule has 6 nitrogen and oxygen atoms in total. The SMILES string of the molecule is CC(C)(C)N(CCC(=O)O)C(=O)N1CC2CCC(O)C2C1. The van der Waals surface area contributed by atoms with Gasteiger partial charge < -0.3 is 20.0 Å². The van der Waals surface area contributed by atoms with Crippen LogP contribution in [0.3, 0.4) is 0 Å². The summed E-state index contributed by atoms with van der Waals surface area (Å²) in [6, 6.07) is -0.106. The Balaban J connectivity index is 2.03. The maximum absolute atomic E-state index is 12.7. The van der Waals surface area contributed by atoms with Gasteiger partial charge in [0, 0.05) is 31.1 Å². The molecule has 6 heteroatoms. The highest BCUT2D eigenvalue weighted by atomic mass is 16.4. The number of urea groups is 1. The Morgan fingerprint density at radius 3 is 2.43 bits per heavy atom. The topological polar surface area (TPSA) is 81.1 Å². The second-order valence-electron chi connectivity index (χ2n) is 7.22. The van der Waals surface area contributed by atoms with Crippen molar-refractivity contribution in [2.45, 2.75) is 51.7 Å². The van der Waals surface area contributed by atoms with E-state index in [9.17, 15) is 14.7 Å². The summed E-state index contributed by atoms with van der Waals surface area (Å²) in [4.78, 5) is 26.9. The number of aliphatic hydroxyl groups is 1. The van der Waals surface area contributed by atoms with Gasteiger partial charge in [-0.3, -0.25) is 4.79 Å². The number of fused-ring (bicyclic) bond motifs is 1. The van der Waals surface area contributed by atoms with Crippen molar-refractivity contribution in [1.82, 2.24) is 9.80 Å². The Labute approximate surface area is 125 Å². The minimum atomic E-state index is -0.897. The molecule has 120 valence electrons. The molecule has 0 aromatic rings. The first-order valence-corrected chi connectivity index (χ1v) is 7.66. The first-order valence-electron chi connectivity index (χ1n) is 7.66. The molecule has 1 saturated carbocycles. The summed E-state index contributed by atoms with van der Waals surface area (Å²) in [7, 11) is 0. The second kappa shape index (κ2) is 5.83. The highest BCUT2D eigenvalue weighted by Crippen LogP contribution is 2.38. The highest BCUT2D eigenvalue weighted by molar-refractivity contribution is 5.76. The third-order valence-corrected chi connectivity index (χ3v) is 4.68. The number of carbonyl (C=O) groups is 2. The molecule has 3 atom stereocenters. The lowest BCUT2D eigenvalue weighted by Crippen LogP contribution is -2.52. The molecule has 2 aliphatic rings. The van der Waals surface area contributed by atoms with Crippen LogP contribution in [0.15, 0.2) is 0 Å². The molecule has 2 amide bonds. The second-order valence-corrected chi connectivity index (χ2v) is 7.22. The lowest BCUT2D eigenvalue weighted by molar-refractivity contribution is -0.137. The number of carbonyl (C=O) groups excluding carboxylic acids is 1. The van der Waals surface area contributed by atoms with Crippen molar-refractivity contribution in [3.63, 3.8) is 0 Å². The largest absolute Gasteiger partial charge is 0.481 e. The molecule has 2 rings (SSSR count). The maximum atomic E-state index is 12.7. The molecule has 2 N–H and O–H groups in total. The van der Waals surface area contributed by atoms with Crippen molar-refractivity contribution >= 4 is 12.0 Å². The molecular formula is C15H26N2O4.